The number of phenolic OH excluding ortho intramolecular Hbond substituents is 1. The Kier molecular flexibility index (Phi) is 5.30. The molecule has 0 saturated carbocycles. The molecule has 3 aromatic rings. The Morgan fingerprint density at radius 1 is 0.967 bits per heavy atom. The monoisotopic (exact) mass is 400 g/mol. The molecular formula is C24H20N2O4. The van der Waals surface area contributed by atoms with Crippen LogP contribution in [0.3, 0.4) is 0 Å². The number of ketones is 1. The number of likely N-dealkylation sites (tertiary alicyclic amines) is 1. The third-order valence-corrected chi connectivity index (χ3v) is 5.16. The number of phenols is 1. The van der Waals surface area contributed by atoms with Gasteiger partial charge in [-0.2, -0.15) is 0 Å². The summed E-state index contributed by atoms with van der Waals surface area (Å²) in [5, 5.41) is 20.9. The zero-order valence-electron chi connectivity index (χ0n) is 16.1. The normalized spacial score (nSPS) is 18.0. The third-order valence-electron chi connectivity index (χ3n) is 5.16. The number of rotatable bonds is 5. The second-order valence-corrected chi connectivity index (χ2v) is 7.06. The number of carbonyl (C=O) groups excluding carboxylic acids is 2. The van der Waals surface area contributed by atoms with Crippen molar-refractivity contribution in [1.29, 1.82) is 0 Å². The van der Waals surface area contributed by atoms with Gasteiger partial charge in [-0.3, -0.25) is 14.6 Å². The van der Waals surface area contributed by atoms with Crippen molar-refractivity contribution >= 4 is 17.4 Å². The van der Waals surface area contributed by atoms with Gasteiger partial charge in [-0.05, 0) is 41.8 Å². The fraction of sp³-hybridized carbons (Fsp3) is 0.125. The number of pyridine rings is 1. The SMILES string of the molecule is O=C1C(=O)N(CCc2ccccc2)C(c2cccc(O)c2)C1=C(O)c1ccncc1. The van der Waals surface area contributed by atoms with Crippen LogP contribution in [0.1, 0.15) is 22.7 Å². The van der Waals surface area contributed by atoms with E-state index in [2.05, 4.69) is 4.98 Å². The standard InChI is InChI=1S/C24H20N2O4/c27-19-8-4-7-18(15-19)21-20(22(28)17-9-12-25-13-10-17)23(29)24(30)26(21)14-11-16-5-2-1-3-6-16/h1-10,12-13,15,21,27-28H,11,14H2. The van der Waals surface area contributed by atoms with Crippen LogP contribution in [-0.4, -0.2) is 38.3 Å². The zero-order chi connectivity index (χ0) is 21.1. The van der Waals surface area contributed by atoms with Gasteiger partial charge in [-0.25, -0.2) is 0 Å². The Morgan fingerprint density at radius 2 is 1.70 bits per heavy atom. The fourth-order valence-corrected chi connectivity index (χ4v) is 3.71. The largest absolute Gasteiger partial charge is 0.508 e. The Bertz CT molecular complexity index is 1110. The van der Waals surface area contributed by atoms with E-state index in [4.69, 9.17) is 0 Å². The number of aliphatic hydroxyl groups excluding tert-OH is 1. The first kappa shape index (κ1) is 19.4. The number of Topliss-reactive ketones (excluding diaryl/α,β-unsaturated/α-hetero) is 1. The minimum atomic E-state index is -0.797. The summed E-state index contributed by atoms with van der Waals surface area (Å²) < 4.78 is 0. The molecule has 0 aliphatic carbocycles. The summed E-state index contributed by atoms with van der Waals surface area (Å²) in [5.74, 6) is -1.66. The molecular weight excluding hydrogens is 380 g/mol. The molecule has 1 fully saturated rings. The Balaban J connectivity index is 1.79. The minimum absolute atomic E-state index is 0.00450. The molecule has 0 spiro atoms. The number of nitrogens with zero attached hydrogens (tertiary/aromatic N) is 2. The number of amides is 1. The van der Waals surface area contributed by atoms with Crippen LogP contribution in [0, 0.1) is 0 Å². The summed E-state index contributed by atoms with van der Waals surface area (Å²) in [5.41, 5.74) is 1.99. The van der Waals surface area contributed by atoms with Crippen LogP contribution in [0.25, 0.3) is 5.76 Å². The van der Waals surface area contributed by atoms with Crippen LogP contribution < -0.4 is 0 Å². The predicted octanol–water partition coefficient (Wildman–Crippen LogP) is 3.45. The van der Waals surface area contributed by atoms with Crippen LogP contribution >= 0.6 is 0 Å². The first-order valence-corrected chi connectivity index (χ1v) is 9.58. The van der Waals surface area contributed by atoms with Crippen LogP contribution in [-0.2, 0) is 16.0 Å². The molecule has 1 atom stereocenters. The number of hydrogen-bond donors (Lipinski definition) is 2. The molecule has 2 aromatic carbocycles. The lowest BCUT2D eigenvalue weighted by atomic mass is 9.95. The lowest BCUT2D eigenvalue weighted by Crippen LogP contribution is -2.31. The molecule has 150 valence electrons. The van der Waals surface area contributed by atoms with Gasteiger partial charge >= 0.3 is 0 Å². The highest BCUT2D eigenvalue weighted by Crippen LogP contribution is 2.40. The van der Waals surface area contributed by atoms with Crippen molar-refractivity contribution in [3.63, 3.8) is 0 Å². The number of hydrogen-bond acceptors (Lipinski definition) is 5. The molecule has 6 heteroatoms. The molecule has 30 heavy (non-hydrogen) atoms. The van der Waals surface area contributed by atoms with Crippen LogP contribution in [0.5, 0.6) is 5.75 Å². The number of benzene rings is 2. The van der Waals surface area contributed by atoms with E-state index in [1.165, 1.54) is 29.4 Å². The summed E-state index contributed by atoms with van der Waals surface area (Å²) in [4.78, 5) is 31.2. The lowest BCUT2D eigenvalue weighted by molar-refractivity contribution is -0.139. The minimum Gasteiger partial charge on any atom is -0.508 e. The van der Waals surface area contributed by atoms with Crippen molar-refractivity contribution in [3.05, 3.63) is 101 Å². The molecule has 1 saturated heterocycles. The predicted molar refractivity (Wildman–Crippen MR) is 111 cm³/mol. The van der Waals surface area contributed by atoms with Crippen LogP contribution in [0.2, 0.25) is 0 Å². The van der Waals surface area contributed by atoms with Gasteiger partial charge in [-0.15, -0.1) is 0 Å². The summed E-state index contributed by atoms with van der Waals surface area (Å²) in [6, 6.07) is 18.4. The molecule has 1 aliphatic heterocycles. The van der Waals surface area contributed by atoms with E-state index in [0.29, 0.717) is 24.1 Å². The maximum absolute atomic E-state index is 12.9. The molecule has 0 radical (unpaired) electrons. The average molecular weight is 400 g/mol. The van der Waals surface area contributed by atoms with Gasteiger partial charge in [0.15, 0.2) is 0 Å². The number of aromatic nitrogens is 1. The molecule has 0 bridgehead atoms. The number of aromatic hydroxyl groups is 1. The molecule has 6 nitrogen and oxygen atoms in total. The van der Waals surface area contributed by atoms with Crippen molar-refractivity contribution in [2.45, 2.75) is 12.5 Å². The smallest absolute Gasteiger partial charge is 0.295 e. The van der Waals surface area contributed by atoms with Gasteiger partial charge in [0.1, 0.15) is 11.5 Å². The van der Waals surface area contributed by atoms with Crippen LogP contribution in [0.4, 0.5) is 0 Å². The molecule has 2 heterocycles. The number of aliphatic hydroxyl groups is 1. The van der Waals surface area contributed by atoms with E-state index < -0.39 is 17.7 Å². The van der Waals surface area contributed by atoms with Crippen molar-refractivity contribution < 1.29 is 19.8 Å². The van der Waals surface area contributed by atoms with Crippen molar-refractivity contribution in [2.24, 2.45) is 0 Å². The van der Waals surface area contributed by atoms with E-state index in [-0.39, 0.29) is 17.1 Å². The molecule has 1 amide bonds. The molecule has 1 aromatic heterocycles. The van der Waals surface area contributed by atoms with Gasteiger partial charge in [0.2, 0.25) is 0 Å². The highest BCUT2D eigenvalue weighted by molar-refractivity contribution is 6.46. The van der Waals surface area contributed by atoms with Crippen LogP contribution in [0.15, 0.2) is 84.7 Å². The Morgan fingerprint density at radius 3 is 2.40 bits per heavy atom. The topological polar surface area (TPSA) is 90.7 Å². The molecule has 2 N–H and O–H groups in total. The zero-order valence-corrected chi connectivity index (χ0v) is 16.1. The number of carbonyl (C=O) groups is 2. The quantitative estimate of drug-likeness (QED) is 0.389. The van der Waals surface area contributed by atoms with Gasteiger partial charge in [0.05, 0.1) is 11.6 Å². The molecule has 1 unspecified atom stereocenters. The van der Waals surface area contributed by atoms with Crippen molar-refractivity contribution in [2.75, 3.05) is 6.54 Å². The van der Waals surface area contributed by atoms with Gasteiger partial charge < -0.3 is 15.1 Å². The maximum Gasteiger partial charge on any atom is 0.295 e. The summed E-state index contributed by atoms with van der Waals surface area (Å²) in [6.45, 7) is 0.294. The summed E-state index contributed by atoms with van der Waals surface area (Å²) in [6.07, 6.45) is 3.56. The average Bonchev–Trinajstić information content (AvgIpc) is 3.03. The Hall–Kier alpha value is -3.93. The highest BCUT2D eigenvalue weighted by atomic mass is 16.3. The maximum atomic E-state index is 12.9. The molecule has 4 rings (SSSR count). The van der Waals surface area contributed by atoms with E-state index in [0.717, 1.165) is 5.56 Å². The molecule has 1 aliphatic rings. The van der Waals surface area contributed by atoms with Crippen molar-refractivity contribution in [1.82, 2.24) is 9.88 Å². The lowest BCUT2D eigenvalue weighted by Gasteiger charge is -2.25. The summed E-state index contributed by atoms with van der Waals surface area (Å²) in [7, 11) is 0. The Labute approximate surface area is 173 Å². The third kappa shape index (κ3) is 3.67. The summed E-state index contributed by atoms with van der Waals surface area (Å²) >= 11 is 0. The second kappa shape index (κ2) is 8.21. The van der Waals surface area contributed by atoms with E-state index in [9.17, 15) is 19.8 Å². The highest BCUT2D eigenvalue weighted by Gasteiger charge is 2.45. The van der Waals surface area contributed by atoms with Gasteiger partial charge in [0.25, 0.3) is 11.7 Å². The van der Waals surface area contributed by atoms with E-state index in [1.807, 2.05) is 30.3 Å². The van der Waals surface area contributed by atoms with Gasteiger partial charge in [0, 0.05) is 24.5 Å². The fourth-order valence-electron chi connectivity index (χ4n) is 3.71. The van der Waals surface area contributed by atoms with E-state index >= 15 is 0 Å². The van der Waals surface area contributed by atoms with E-state index in [1.54, 1.807) is 24.3 Å². The first-order chi connectivity index (χ1) is 14.6. The first-order valence-electron chi connectivity index (χ1n) is 9.58. The van der Waals surface area contributed by atoms with Crippen molar-refractivity contribution in [3.8, 4) is 5.75 Å². The van der Waals surface area contributed by atoms with Gasteiger partial charge in [-0.1, -0.05) is 42.5 Å². The second-order valence-electron chi connectivity index (χ2n) is 7.06.